The van der Waals surface area contributed by atoms with Gasteiger partial charge in [-0.1, -0.05) is 59.1 Å². The minimum Gasteiger partial charge on any atom is -0.218 e. The lowest BCUT2D eigenvalue weighted by atomic mass is 10.1. The van der Waals surface area contributed by atoms with Crippen molar-refractivity contribution in [3.05, 3.63) is 62.6 Å². The van der Waals surface area contributed by atoms with E-state index < -0.39 is 20.0 Å². The molecular weight excluding hydrogens is 443 g/mol. The SMILES string of the molecule is CNS(=O)(=O)Cc1ccc(CNS(=O)(=O)c2c(Cl)cc(Cl)cc2Cl)cc1. The summed E-state index contributed by atoms with van der Waals surface area (Å²) in [4.78, 5) is -0.248. The van der Waals surface area contributed by atoms with Gasteiger partial charge in [-0.05, 0) is 30.3 Å². The molecule has 0 atom stereocenters. The van der Waals surface area contributed by atoms with Gasteiger partial charge in [0.05, 0.1) is 15.8 Å². The summed E-state index contributed by atoms with van der Waals surface area (Å²) < 4.78 is 52.5. The molecule has 142 valence electrons. The van der Waals surface area contributed by atoms with E-state index in [4.69, 9.17) is 34.8 Å². The maximum Gasteiger partial charge on any atom is 0.243 e. The number of sulfonamides is 2. The van der Waals surface area contributed by atoms with Gasteiger partial charge in [0.15, 0.2) is 0 Å². The lowest BCUT2D eigenvalue weighted by Crippen LogP contribution is -2.24. The molecule has 0 aromatic heterocycles. The minimum atomic E-state index is -3.96. The van der Waals surface area contributed by atoms with Crippen LogP contribution in [0.2, 0.25) is 15.1 Å². The normalized spacial score (nSPS) is 12.3. The van der Waals surface area contributed by atoms with Crippen LogP contribution >= 0.6 is 34.8 Å². The van der Waals surface area contributed by atoms with Gasteiger partial charge in [0.25, 0.3) is 0 Å². The van der Waals surface area contributed by atoms with Gasteiger partial charge in [-0.2, -0.15) is 0 Å². The highest BCUT2D eigenvalue weighted by Crippen LogP contribution is 2.32. The molecule has 11 heteroatoms. The monoisotopic (exact) mass is 456 g/mol. The second-order valence-corrected chi connectivity index (χ2v) is 10.2. The first-order chi connectivity index (χ1) is 12.0. The Kier molecular flexibility index (Phi) is 6.95. The molecule has 2 rings (SSSR count). The van der Waals surface area contributed by atoms with Gasteiger partial charge in [0, 0.05) is 11.6 Å². The molecule has 0 amide bonds. The summed E-state index contributed by atoms with van der Waals surface area (Å²) in [5, 5.41) is 0.0660. The zero-order valence-electron chi connectivity index (χ0n) is 13.5. The van der Waals surface area contributed by atoms with E-state index in [2.05, 4.69) is 9.44 Å². The number of benzene rings is 2. The molecule has 0 bridgehead atoms. The average molecular weight is 458 g/mol. The van der Waals surface area contributed by atoms with Gasteiger partial charge in [-0.3, -0.25) is 0 Å². The van der Waals surface area contributed by atoms with E-state index in [0.29, 0.717) is 11.1 Å². The van der Waals surface area contributed by atoms with Crippen molar-refractivity contribution in [2.75, 3.05) is 7.05 Å². The average Bonchev–Trinajstić information content (AvgIpc) is 2.52. The van der Waals surface area contributed by atoms with Crippen LogP contribution in [-0.4, -0.2) is 23.9 Å². The zero-order valence-corrected chi connectivity index (χ0v) is 17.4. The highest BCUT2D eigenvalue weighted by molar-refractivity contribution is 7.89. The van der Waals surface area contributed by atoms with Crippen molar-refractivity contribution in [2.45, 2.75) is 17.2 Å². The third-order valence-corrected chi connectivity index (χ3v) is 7.26. The number of hydrogen-bond donors (Lipinski definition) is 2. The molecule has 0 spiro atoms. The van der Waals surface area contributed by atoms with E-state index in [1.807, 2.05) is 0 Å². The van der Waals surface area contributed by atoms with Crippen LogP contribution in [-0.2, 0) is 32.3 Å². The number of halogens is 3. The molecule has 2 aromatic rings. The Hall–Kier alpha value is -0.870. The molecular formula is C15H15Cl3N2O4S2. The molecule has 6 nitrogen and oxygen atoms in total. The molecule has 0 aliphatic heterocycles. The van der Waals surface area contributed by atoms with Gasteiger partial charge in [-0.15, -0.1) is 0 Å². The second kappa shape index (κ2) is 8.43. The Morgan fingerprint density at radius 2 is 1.38 bits per heavy atom. The zero-order chi connectivity index (χ0) is 19.5. The first kappa shape index (κ1) is 21.4. The van der Waals surface area contributed by atoms with Crippen molar-refractivity contribution >= 4 is 54.8 Å². The van der Waals surface area contributed by atoms with Crippen molar-refractivity contribution in [3.63, 3.8) is 0 Å². The van der Waals surface area contributed by atoms with Crippen LogP contribution in [0.5, 0.6) is 0 Å². The Morgan fingerprint density at radius 1 is 0.885 bits per heavy atom. The van der Waals surface area contributed by atoms with Crippen molar-refractivity contribution in [1.82, 2.24) is 9.44 Å². The Bertz CT molecular complexity index is 985. The van der Waals surface area contributed by atoms with E-state index in [0.717, 1.165) is 0 Å². The minimum absolute atomic E-state index is 0.0172. The molecule has 0 unspecified atom stereocenters. The maximum atomic E-state index is 12.4. The van der Waals surface area contributed by atoms with Gasteiger partial charge in [-0.25, -0.2) is 26.3 Å². The van der Waals surface area contributed by atoms with E-state index in [1.54, 1.807) is 24.3 Å². The fraction of sp³-hybridized carbons (Fsp3) is 0.200. The van der Waals surface area contributed by atoms with Gasteiger partial charge in [0.1, 0.15) is 4.90 Å². The third-order valence-electron chi connectivity index (χ3n) is 3.39. The molecule has 0 saturated carbocycles. The lowest BCUT2D eigenvalue weighted by Gasteiger charge is -2.11. The predicted molar refractivity (Wildman–Crippen MR) is 104 cm³/mol. The summed E-state index contributed by atoms with van der Waals surface area (Å²) in [7, 11) is -5.99. The van der Waals surface area contributed by atoms with Gasteiger partial charge in [0.2, 0.25) is 20.0 Å². The quantitative estimate of drug-likeness (QED) is 0.668. The van der Waals surface area contributed by atoms with Crippen LogP contribution in [0.15, 0.2) is 41.3 Å². The molecule has 26 heavy (non-hydrogen) atoms. The number of rotatable bonds is 7. The van der Waals surface area contributed by atoms with Crippen LogP contribution in [0.1, 0.15) is 11.1 Å². The van der Waals surface area contributed by atoms with Crippen molar-refractivity contribution in [3.8, 4) is 0 Å². The Labute approximate surface area is 167 Å². The fourth-order valence-electron chi connectivity index (χ4n) is 2.08. The number of hydrogen-bond acceptors (Lipinski definition) is 4. The second-order valence-electron chi connectivity index (χ2n) is 5.30. The van der Waals surface area contributed by atoms with E-state index in [1.165, 1.54) is 19.2 Å². The largest absolute Gasteiger partial charge is 0.243 e. The Balaban J connectivity index is 2.13. The Morgan fingerprint density at radius 3 is 1.88 bits per heavy atom. The van der Waals surface area contributed by atoms with Crippen LogP contribution in [0, 0.1) is 0 Å². The summed E-state index contributed by atoms with van der Waals surface area (Å²) >= 11 is 17.7. The maximum absolute atomic E-state index is 12.4. The summed E-state index contributed by atoms with van der Waals surface area (Å²) in [6, 6.07) is 9.07. The van der Waals surface area contributed by atoms with E-state index in [9.17, 15) is 16.8 Å². The standard InChI is InChI=1S/C15H15Cl3N2O4S2/c1-19-25(21,22)9-11-4-2-10(3-5-11)8-20-26(23,24)15-13(17)6-12(16)7-14(15)18/h2-7,19-20H,8-9H2,1H3. The molecule has 0 aliphatic rings. The van der Waals surface area contributed by atoms with Gasteiger partial charge >= 0.3 is 0 Å². The van der Waals surface area contributed by atoms with Crippen LogP contribution in [0.4, 0.5) is 0 Å². The molecule has 2 aromatic carbocycles. The van der Waals surface area contributed by atoms with E-state index >= 15 is 0 Å². The van der Waals surface area contributed by atoms with Crippen molar-refractivity contribution < 1.29 is 16.8 Å². The third kappa shape index (κ3) is 5.56. The van der Waals surface area contributed by atoms with Crippen LogP contribution in [0.3, 0.4) is 0 Å². The smallest absolute Gasteiger partial charge is 0.218 e. The molecule has 0 fully saturated rings. The first-order valence-electron chi connectivity index (χ1n) is 7.17. The molecule has 0 aliphatic carbocycles. The molecule has 0 saturated heterocycles. The van der Waals surface area contributed by atoms with Crippen LogP contribution < -0.4 is 9.44 Å². The summed E-state index contributed by atoms with van der Waals surface area (Å²) in [6.45, 7) is -0.0172. The lowest BCUT2D eigenvalue weighted by molar-refractivity contribution is 0.581. The molecule has 2 N–H and O–H groups in total. The first-order valence-corrected chi connectivity index (χ1v) is 11.4. The molecule has 0 radical (unpaired) electrons. The fourth-order valence-corrected chi connectivity index (χ4v) is 5.42. The van der Waals surface area contributed by atoms with Crippen LogP contribution in [0.25, 0.3) is 0 Å². The van der Waals surface area contributed by atoms with Gasteiger partial charge < -0.3 is 0 Å². The summed E-state index contributed by atoms with van der Waals surface area (Å²) in [5.74, 6) is -0.161. The van der Waals surface area contributed by atoms with E-state index in [-0.39, 0.29) is 32.3 Å². The summed E-state index contributed by atoms with van der Waals surface area (Å²) in [6.07, 6.45) is 0. The molecule has 0 heterocycles. The topological polar surface area (TPSA) is 92.3 Å². The predicted octanol–water partition coefficient (Wildman–Crippen LogP) is 3.17. The highest BCUT2D eigenvalue weighted by Gasteiger charge is 2.22. The van der Waals surface area contributed by atoms with Crippen molar-refractivity contribution in [2.24, 2.45) is 0 Å². The number of nitrogens with one attached hydrogen (secondary N) is 2. The van der Waals surface area contributed by atoms with Crippen molar-refractivity contribution in [1.29, 1.82) is 0 Å². The summed E-state index contributed by atoms with van der Waals surface area (Å²) in [5.41, 5.74) is 1.22. The highest BCUT2D eigenvalue weighted by atomic mass is 35.5.